The van der Waals surface area contributed by atoms with Gasteiger partial charge in [-0.3, -0.25) is 9.69 Å². The van der Waals surface area contributed by atoms with Crippen molar-refractivity contribution in [3.63, 3.8) is 0 Å². The Morgan fingerprint density at radius 1 is 1.25 bits per heavy atom. The SMILES string of the molecule is Cc1ccc(NC(=O)[C@@H]2OCCN(C)[C@H]2c2ccccc2)cc1F. The summed E-state index contributed by atoms with van der Waals surface area (Å²) in [5, 5.41) is 2.77. The number of carbonyl (C=O) groups is 1. The number of morpholine rings is 1. The van der Waals surface area contributed by atoms with Crippen molar-refractivity contribution in [2.45, 2.75) is 19.1 Å². The topological polar surface area (TPSA) is 41.6 Å². The van der Waals surface area contributed by atoms with Gasteiger partial charge in [0.05, 0.1) is 12.6 Å². The minimum Gasteiger partial charge on any atom is -0.365 e. The molecule has 4 nitrogen and oxygen atoms in total. The monoisotopic (exact) mass is 328 g/mol. The number of halogens is 1. The van der Waals surface area contributed by atoms with Crippen LogP contribution in [0.3, 0.4) is 0 Å². The number of likely N-dealkylation sites (N-methyl/N-ethyl adjacent to an activating group) is 1. The maximum Gasteiger partial charge on any atom is 0.255 e. The third-order valence-corrected chi connectivity index (χ3v) is 4.34. The molecule has 1 N–H and O–H groups in total. The van der Waals surface area contributed by atoms with Gasteiger partial charge in [0.15, 0.2) is 6.10 Å². The Kier molecular flexibility index (Phi) is 4.92. The normalized spacial score (nSPS) is 21.5. The zero-order valence-electron chi connectivity index (χ0n) is 13.8. The first-order chi connectivity index (χ1) is 11.6. The minimum absolute atomic E-state index is 0.171. The van der Waals surface area contributed by atoms with Crippen LogP contribution in [0.4, 0.5) is 10.1 Å². The first-order valence-corrected chi connectivity index (χ1v) is 8.00. The number of rotatable bonds is 3. The molecule has 5 heteroatoms. The molecule has 1 aliphatic heterocycles. The molecule has 1 amide bonds. The fourth-order valence-electron chi connectivity index (χ4n) is 2.97. The third-order valence-electron chi connectivity index (χ3n) is 4.34. The molecule has 0 spiro atoms. The van der Waals surface area contributed by atoms with E-state index in [1.54, 1.807) is 19.1 Å². The van der Waals surface area contributed by atoms with Crippen LogP contribution in [-0.2, 0) is 9.53 Å². The Morgan fingerprint density at radius 3 is 2.71 bits per heavy atom. The molecule has 0 saturated carbocycles. The Morgan fingerprint density at radius 2 is 2.00 bits per heavy atom. The van der Waals surface area contributed by atoms with Crippen molar-refractivity contribution < 1.29 is 13.9 Å². The lowest BCUT2D eigenvalue weighted by Gasteiger charge is -2.38. The van der Waals surface area contributed by atoms with E-state index >= 15 is 0 Å². The lowest BCUT2D eigenvalue weighted by Crippen LogP contribution is -2.48. The average molecular weight is 328 g/mol. The Hall–Kier alpha value is -2.24. The number of anilines is 1. The first-order valence-electron chi connectivity index (χ1n) is 8.00. The van der Waals surface area contributed by atoms with Gasteiger partial charge in [-0.1, -0.05) is 36.4 Å². The van der Waals surface area contributed by atoms with Crippen molar-refractivity contribution >= 4 is 11.6 Å². The smallest absolute Gasteiger partial charge is 0.255 e. The molecule has 0 bridgehead atoms. The van der Waals surface area contributed by atoms with E-state index in [1.807, 2.05) is 37.4 Å². The van der Waals surface area contributed by atoms with Crippen molar-refractivity contribution in [3.05, 3.63) is 65.5 Å². The molecule has 0 aromatic heterocycles. The second-order valence-corrected chi connectivity index (χ2v) is 6.08. The Labute approximate surface area is 141 Å². The predicted molar refractivity (Wildman–Crippen MR) is 91.3 cm³/mol. The second-order valence-electron chi connectivity index (χ2n) is 6.08. The van der Waals surface area contributed by atoms with E-state index in [0.717, 1.165) is 12.1 Å². The highest BCUT2D eigenvalue weighted by Crippen LogP contribution is 2.29. The van der Waals surface area contributed by atoms with Gasteiger partial charge < -0.3 is 10.1 Å². The molecule has 126 valence electrons. The van der Waals surface area contributed by atoms with Crippen molar-refractivity contribution in [2.75, 3.05) is 25.5 Å². The maximum absolute atomic E-state index is 13.7. The molecule has 0 radical (unpaired) electrons. The van der Waals surface area contributed by atoms with E-state index in [-0.39, 0.29) is 17.8 Å². The van der Waals surface area contributed by atoms with Crippen LogP contribution < -0.4 is 5.32 Å². The standard InChI is InChI=1S/C19H21FN2O2/c1-13-8-9-15(12-16(13)20)21-19(23)18-17(22(2)10-11-24-18)14-6-4-3-5-7-14/h3-9,12,17-18H,10-11H2,1-2H3,(H,21,23)/t17-,18+/m0/s1. The van der Waals surface area contributed by atoms with Gasteiger partial charge in [-0.05, 0) is 37.2 Å². The van der Waals surface area contributed by atoms with Gasteiger partial charge in [0.25, 0.3) is 5.91 Å². The van der Waals surface area contributed by atoms with Crippen LogP contribution in [0.2, 0.25) is 0 Å². The number of nitrogens with zero attached hydrogens (tertiary/aromatic N) is 1. The average Bonchev–Trinajstić information content (AvgIpc) is 2.58. The minimum atomic E-state index is -0.643. The number of nitrogens with one attached hydrogen (secondary N) is 1. The molecule has 1 saturated heterocycles. The van der Waals surface area contributed by atoms with Crippen molar-refractivity contribution in [2.24, 2.45) is 0 Å². The van der Waals surface area contributed by atoms with E-state index in [0.29, 0.717) is 17.9 Å². The summed E-state index contributed by atoms with van der Waals surface area (Å²) in [6.45, 7) is 2.92. The molecule has 2 atom stereocenters. The molecule has 0 unspecified atom stereocenters. The van der Waals surface area contributed by atoms with Gasteiger partial charge in [0.2, 0.25) is 0 Å². The van der Waals surface area contributed by atoms with Gasteiger partial charge in [-0.2, -0.15) is 0 Å². The van der Waals surface area contributed by atoms with E-state index in [1.165, 1.54) is 6.07 Å². The highest BCUT2D eigenvalue weighted by Gasteiger charge is 2.36. The lowest BCUT2D eigenvalue weighted by molar-refractivity contribution is -0.139. The van der Waals surface area contributed by atoms with Crippen molar-refractivity contribution in [1.82, 2.24) is 4.90 Å². The van der Waals surface area contributed by atoms with Crippen molar-refractivity contribution in [1.29, 1.82) is 0 Å². The second kappa shape index (κ2) is 7.11. The van der Waals surface area contributed by atoms with Crippen LogP contribution in [0.1, 0.15) is 17.2 Å². The third kappa shape index (κ3) is 3.47. The number of aryl methyl sites for hydroxylation is 1. The molecule has 2 aromatic carbocycles. The summed E-state index contributed by atoms with van der Waals surface area (Å²) in [6, 6.07) is 14.3. The van der Waals surface area contributed by atoms with Crippen LogP contribution in [0.25, 0.3) is 0 Å². The fourth-order valence-corrected chi connectivity index (χ4v) is 2.97. The molecule has 0 aliphatic carbocycles. The van der Waals surface area contributed by atoms with Gasteiger partial charge in [0.1, 0.15) is 5.82 Å². The maximum atomic E-state index is 13.7. The summed E-state index contributed by atoms with van der Waals surface area (Å²) in [6.07, 6.45) is -0.643. The molecule has 24 heavy (non-hydrogen) atoms. The van der Waals surface area contributed by atoms with E-state index in [9.17, 15) is 9.18 Å². The largest absolute Gasteiger partial charge is 0.365 e. The molecule has 1 heterocycles. The van der Waals surface area contributed by atoms with Gasteiger partial charge >= 0.3 is 0 Å². The van der Waals surface area contributed by atoms with Gasteiger partial charge in [-0.15, -0.1) is 0 Å². The molecule has 2 aromatic rings. The highest BCUT2D eigenvalue weighted by atomic mass is 19.1. The molecular formula is C19H21FN2O2. The van der Waals surface area contributed by atoms with Crippen LogP contribution in [0.5, 0.6) is 0 Å². The summed E-state index contributed by atoms with van der Waals surface area (Å²) < 4.78 is 19.4. The van der Waals surface area contributed by atoms with E-state index in [4.69, 9.17) is 4.74 Å². The zero-order valence-corrected chi connectivity index (χ0v) is 13.8. The van der Waals surface area contributed by atoms with Crippen LogP contribution in [0, 0.1) is 12.7 Å². The number of benzene rings is 2. The van der Waals surface area contributed by atoms with Gasteiger partial charge in [0, 0.05) is 12.2 Å². The number of amides is 1. The zero-order chi connectivity index (χ0) is 17.1. The summed E-state index contributed by atoms with van der Waals surface area (Å²) in [5.41, 5.74) is 2.01. The number of carbonyl (C=O) groups excluding carboxylic acids is 1. The molecular weight excluding hydrogens is 307 g/mol. The fraction of sp³-hybridized carbons (Fsp3) is 0.316. The van der Waals surface area contributed by atoms with Crippen LogP contribution in [0.15, 0.2) is 48.5 Å². The predicted octanol–water partition coefficient (Wildman–Crippen LogP) is 3.14. The van der Waals surface area contributed by atoms with Gasteiger partial charge in [-0.25, -0.2) is 4.39 Å². The molecule has 1 aliphatic rings. The number of hydrogen-bond donors (Lipinski definition) is 1. The summed E-state index contributed by atoms with van der Waals surface area (Å²) in [7, 11) is 1.98. The quantitative estimate of drug-likeness (QED) is 0.941. The molecule has 3 rings (SSSR count). The number of hydrogen-bond acceptors (Lipinski definition) is 3. The Balaban J connectivity index is 1.82. The van der Waals surface area contributed by atoms with Crippen LogP contribution >= 0.6 is 0 Å². The summed E-state index contributed by atoms with van der Waals surface area (Å²) >= 11 is 0. The number of ether oxygens (including phenoxy) is 1. The Bertz CT molecular complexity index is 721. The van der Waals surface area contributed by atoms with E-state index in [2.05, 4.69) is 10.2 Å². The van der Waals surface area contributed by atoms with Crippen LogP contribution in [-0.4, -0.2) is 37.1 Å². The molecule has 1 fully saturated rings. The highest BCUT2D eigenvalue weighted by molar-refractivity contribution is 5.95. The summed E-state index contributed by atoms with van der Waals surface area (Å²) in [4.78, 5) is 14.8. The van der Waals surface area contributed by atoms with Crippen molar-refractivity contribution in [3.8, 4) is 0 Å². The lowest BCUT2D eigenvalue weighted by atomic mass is 9.98. The first kappa shape index (κ1) is 16.6. The summed E-state index contributed by atoms with van der Waals surface area (Å²) in [5.74, 6) is -0.604. The van der Waals surface area contributed by atoms with E-state index < -0.39 is 6.10 Å².